The fraction of sp³-hybridized carbons (Fsp3) is 0.636. The Labute approximate surface area is 107 Å². The highest BCUT2D eigenvalue weighted by Crippen LogP contribution is 2.21. The van der Waals surface area contributed by atoms with Crippen molar-refractivity contribution in [3.63, 3.8) is 0 Å². The van der Waals surface area contributed by atoms with Crippen molar-refractivity contribution in [2.24, 2.45) is 0 Å². The van der Waals surface area contributed by atoms with Crippen LogP contribution in [0, 0.1) is 0 Å². The van der Waals surface area contributed by atoms with Crippen molar-refractivity contribution >= 4 is 21.4 Å². The second-order valence-electron chi connectivity index (χ2n) is 3.83. The average Bonchev–Trinajstić information content (AvgIpc) is 2.76. The minimum atomic E-state index is -3.29. The Bertz CT molecular complexity index is 426. The van der Waals surface area contributed by atoms with Gasteiger partial charge in [0.15, 0.2) is 0 Å². The second-order valence-corrected chi connectivity index (χ2v) is 6.99. The maximum atomic E-state index is 11.9. The van der Waals surface area contributed by atoms with Crippen LogP contribution in [0.15, 0.2) is 16.3 Å². The summed E-state index contributed by atoms with van der Waals surface area (Å²) in [5.41, 5.74) is 0. The third kappa shape index (κ3) is 4.75. The summed E-state index contributed by atoms with van der Waals surface area (Å²) in [5.74, 6) is 0. The molecular weight excluding hydrogens is 256 g/mol. The van der Waals surface area contributed by atoms with Gasteiger partial charge in [0.05, 0.1) is 0 Å². The molecule has 0 atom stereocenters. The third-order valence-corrected chi connectivity index (χ3v) is 5.44. The monoisotopic (exact) mass is 276 g/mol. The van der Waals surface area contributed by atoms with Gasteiger partial charge in [0.25, 0.3) is 0 Å². The Hall–Kier alpha value is -0.430. The molecule has 2 N–H and O–H groups in total. The SMILES string of the molecule is CCCCNS(=O)(=O)c1ccc(CCNC)s1. The predicted octanol–water partition coefficient (Wildman–Crippen LogP) is 1.59. The molecule has 0 saturated carbocycles. The summed E-state index contributed by atoms with van der Waals surface area (Å²) in [7, 11) is -1.40. The molecule has 0 fully saturated rings. The van der Waals surface area contributed by atoms with Gasteiger partial charge in [-0.2, -0.15) is 0 Å². The van der Waals surface area contributed by atoms with Crippen LogP contribution in [0.2, 0.25) is 0 Å². The van der Waals surface area contributed by atoms with Crippen LogP contribution >= 0.6 is 11.3 Å². The van der Waals surface area contributed by atoms with Crippen LogP contribution in [-0.2, 0) is 16.4 Å². The zero-order valence-corrected chi connectivity index (χ0v) is 12.0. The topological polar surface area (TPSA) is 58.2 Å². The second kappa shape index (κ2) is 7.10. The summed E-state index contributed by atoms with van der Waals surface area (Å²) in [6, 6.07) is 3.57. The van der Waals surface area contributed by atoms with Crippen LogP contribution in [0.1, 0.15) is 24.6 Å². The standard InChI is InChI=1S/C11H20N2O2S2/c1-3-4-8-13-17(14,15)11-6-5-10(16-11)7-9-12-2/h5-6,12-13H,3-4,7-9H2,1-2H3. The summed E-state index contributed by atoms with van der Waals surface area (Å²) in [4.78, 5) is 1.09. The first-order valence-corrected chi connectivity index (χ1v) is 8.13. The molecule has 17 heavy (non-hydrogen) atoms. The summed E-state index contributed by atoms with van der Waals surface area (Å²) < 4.78 is 26.8. The van der Waals surface area contributed by atoms with E-state index in [1.165, 1.54) is 11.3 Å². The van der Waals surface area contributed by atoms with Gasteiger partial charge in [-0.3, -0.25) is 0 Å². The molecule has 0 aliphatic carbocycles. The van der Waals surface area contributed by atoms with Gasteiger partial charge in [-0.25, -0.2) is 13.1 Å². The van der Waals surface area contributed by atoms with Crippen LogP contribution in [0.5, 0.6) is 0 Å². The normalized spacial score (nSPS) is 11.9. The number of thiophene rings is 1. The van der Waals surface area contributed by atoms with E-state index in [2.05, 4.69) is 10.0 Å². The number of nitrogens with one attached hydrogen (secondary N) is 2. The van der Waals surface area contributed by atoms with Gasteiger partial charge in [0.1, 0.15) is 4.21 Å². The minimum Gasteiger partial charge on any atom is -0.319 e. The predicted molar refractivity (Wildman–Crippen MR) is 72.0 cm³/mol. The van der Waals surface area contributed by atoms with Crippen LogP contribution in [-0.4, -0.2) is 28.6 Å². The molecule has 6 heteroatoms. The fourth-order valence-electron chi connectivity index (χ4n) is 1.34. The zero-order valence-electron chi connectivity index (χ0n) is 10.3. The van der Waals surface area contributed by atoms with E-state index in [-0.39, 0.29) is 0 Å². The van der Waals surface area contributed by atoms with Gasteiger partial charge < -0.3 is 5.32 Å². The quantitative estimate of drug-likeness (QED) is 0.709. The zero-order chi connectivity index (χ0) is 12.7. The maximum absolute atomic E-state index is 11.9. The number of rotatable bonds is 8. The Morgan fingerprint density at radius 2 is 2.06 bits per heavy atom. The lowest BCUT2D eigenvalue weighted by Crippen LogP contribution is -2.23. The minimum absolute atomic E-state index is 0.416. The van der Waals surface area contributed by atoms with Crippen molar-refractivity contribution < 1.29 is 8.42 Å². The molecule has 98 valence electrons. The van der Waals surface area contributed by atoms with Gasteiger partial charge >= 0.3 is 0 Å². The van der Waals surface area contributed by atoms with Gasteiger partial charge in [0, 0.05) is 11.4 Å². The lowest BCUT2D eigenvalue weighted by molar-refractivity contribution is 0.580. The van der Waals surface area contributed by atoms with Crippen molar-refractivity contribution in [3.8, 4) is 0 Å². The molecule has 0 aliphatic rings. The molecule has 0 unspecified atom stereocenters. The molecule has 1 heterocycles. The summed E-state index contributed by atoms with van der Waals surface area (Å²) in [6.45, 7) is 3.42. The molecule has 0 saturated heterocycles. The van der Waals surface area contributed by atoms with Crippen molar-refractivity contribution in [3.05, 3.63) is 17.0 Å². The Morgan fingerprint density at radius 3 is 2.71 bits per heavy atom. The molecule has 1 aromatic heterocycles. The lowest BCUT2D eigenvalue weighted by atomic mass is 10.3. The number of unbranched alkanes of at least 4 members (excludes halogenated alkanes) is 1. The number of hydrogen-bond acceptors (Lipinski definition) is 4. The smallest absolute Gasteiger partial charge is 0.250 e. The molecule has 1 rings (SSSR count). The van der Waals surface area contributed by atoms with E-state index >= 15 is 0 Å². The van der Waals surface area contributed by atoms with E-state index < -0.39 is 10.0 Å². The fourth-order valence-corrected chi connectivity index (χ4v) is 3.81. The first-order valence-electron chi connectivity index (χ1n) is 5.83. The highest BCUT2D eigenvalue weighted by Gasteiger charge is 2.15. The molecule has 1 aromatic rings. The molecule has 0 radical (unpaired) electrons. The highest BCUT2D eigenvalue weighted by molar-refractivity contribution is 7.91. The molecule has 0 bridgehead atoms. The molecule has 0 aromatic carbocycles. The Balaban J connectivity index is 2.61. The van der Waals surface area contributed by atoms with Crippen LogP contribution < -0.4 is 10.0 Å². The molecule has 0 aliphatic heterocycles. The van der Waals surface area contributed by atoms with E-state index in [4.69, 9.17) is 0 Å². The van der Waals surface area contributed by atoms with Gasteiger partial charge in [-0.05, 0) is 38.6 Å². The molecular formula is C11H20N2O2S2. The van der Waals surface area contributed by atoms with Gasteiger partial charge in [0.2, 0.25) is 10.0 Å². The number of hydrogen-bond donors (Lipinski definition) is 2. The van der Waals surface area contributed by atoms with Gasteiger partial charge in [-0.1, -0.05) is 13.3 Å². The van der Waals surface area contributed by atoms with Crippen LogP contribution in [0.25, 0.3) is 0 Å². The van der Waals surface area contributed by atoms with E-state index in [1.807, 2.05) is 20.0 Å². The van der Waals surface area contributed by atoms with E-state index in [0.29, 0.717) is 10.8 Å². The van der Waals surface area contributed by atoms with Crippen molar-refractivity contribution in [2.75, 3.05) is 20.1 Å². The average molecular weight is 276 g/mol. The maximum Gasteiger partial charge on any atom is 0.250 e. The molecule has 0 spiro atoms. The molecule has 0 amide bonds. The Kier molecular flexibility index (Phi) is 6.11. The van der Waals surface area contributed by atoms with Crippen molar-refractivity contribution in [2.45, 2.75) is 30.4 Å². The third-order valence-electron chi connectivity index (χ3n) is 2.35. The first kappa shape index (κ1) is 14.6. The van der Waals surface area contributed by atoms with Crippen LogP contribution in [0.4, 0.5) is 0 Å². The Morgan fingerprint density at radius 1 is 1.29 bits per heavy atom. The summed E-state index contributed by atoms with van der Waals surface area (Å²) >= 11 is 1.35. The lowest BCUT2D eigenvalue weighted by Gasteiger charge is -2.02. The highest BCUT2D eigenvalue weighted by atomic mass is 32.2. The largest absolute Gasteiger partial charge is 0.319 e. The first-order chi connectivity index (χ1) is 8.10. The van der Waals surface area contributed by atoms with Crippen molar-refractivity contribution in [1.82, 2.24) is 10.0 Å². The van der Waals surface area contributed by atoms with E-state index in [1.54, 1.807) is 6.07 Å². The summed E-state index contributed by atoms with van der Waals surface area (Å²) in [6.07, 6.45) is 2.73. The van der Waals surface area contributed by atoms with Gasteiger partial charge in [-0.15, -0.1) is 11.3 Å². The summed E-state index contributed by atoms with van der Waals surface area (Å²) in [5, 5.41) is 3.05. The number of sulfonamides is 1. The van der Waals surface area contributed by atoms with E-state index in [0.717, 1.165) is 30.7 Å². The molecule has 4 nitrogen and oxygen atoms in total. The van der Waals surface area contributed by atoms with E-state index in [9.17, 15) is 8.42 Å². The number of likely N-dealkylation sites (N-methyl/N-ethyl adjacent to an activating group) is 1. The van der Waals surface area contributed by atoms with Crippen molar-refractivity contribution in [1.29, 1.82) is 0 Å². The van der Waals surface area contributed by atoms with Crippen LogP contribution in [0.3, 0.4) is 0 Å².